The van der Waals surface area contributed by atoms with E-state index in [-0.39, 0.29) is 11.8 Å². The Morgan fingerprint density at radius 1 is 1.38 bits per heavy atom. The fourth-order valence-corrected chi connectivity index (χ4v) is 1.60. The van der Waals surface area contributed by atoms with Crippen molar-refractivity contribution in [1.29, 1.82) is 0 Å². The van der Waals surface area contributed by atoms with Crippen LogP contribution >= 0.6 is 0 Å². The number of rotatable bonds is 3. The van der Waals surface area contributed by atoms with Crippen molar-refractivity contribution >= 4 is 5.95 Å². The first-order chi connectivity index (χ1) is 7.65. The quantitative estimate of drug-likeness (QED) is 0.848. The lowest BCUT2D eigenvalue weighted by Crippen LogP contribution is -2.01. The van der Waals surface area contributed by atoms with Crippen LogP contribution in [0.5, 0.6) is 0 Å². The number of aromatic nitrogens is 3. The molecule has 2 rings (SSSR count). The molecule has 0 amide bonds. The summed E-state index contributed by atoms with van der Waals surface area (Å²) in [4.78, 5) is 4.08. The van der Waals surface area contributed by atoms with Crippen LogP contribution in [0.25, 0.3) is 0 Å². The lowest BCUT2D eigenvalue weighted by atomic mass is 10.1. The third kappa shape index (κ3) is 2.36. The fourth-order valence-electron chi connectivity index (χ4n) is 1.60. The van der Waals surface area contributed by atoms with Crippen LogP contribution in [0.3, 0.4) is 0 Å². The molecule has 1 heterocycles. The third-order valence-corrected chi connectivity index (χ3v) is 2.40. The highest BCUT2D eigenvalue weighted by Crippen LogP contribution is 2.08. The Hall–Kier alpha value is -1.91. The van der Waals surface area contributed by atoms with Crippen molar-refractivity contribution in [2.45, 2.75) is 12.8 Å². The van der Waals surface area contributed by atoms with E-state index in [1.807, 2.05) is 6.07 Å². The number of benzene rings is 1. The molecule has 0 radical (unpaired) electrons. The summed E-state index contributed by atoms with van der Waals surface area (Å²) >= 11 is 0. The van der Waals surface area contributed by atoms with Crippen LogP contribution < -0.4 is 5.73 Å². The van der Waals surface area contributed by atoms with E-state index < -0.39 is 0 Å². The third-order valence-electron chi connectivity index (χ3n) is 2.40. The molecular formula is C11H13FN4. The van der Waals surface area contributed by atoms with Crippen LogP contribution in [0.15, 0.2) is 24.3 Å². The molecule has 2 N–H and O–H groups in total. The zero-order valence-electron chi connectivity index (χ0n) is 9.02. The van der Waals surface area contributed by atoms with E-state index in [0.29, 0.717) is 6.42 Å². The molecule has 16 heavy (non-hydrogen) atoms. The van der Waals surface area contributed by atoms with Crippen LogP contribution in [0.2, 0.25) is 0 Å². The van der Waals surface area contributed by atoms with E-state index in [0.717, 1.165) is 17.8 Å². The molecule has 0 aliphatic heterocycles. The Morgan fingerprint density at radius 2 is 2.19 bits per heavy atom. The van der Waals surface area contributed by atoms with Crippen molar-refractivity contribution in [3.8, 4) is 0 Å². The van der Waals surface area contributed by atoms with Gasteiger partial charge in [0.1, 0.15) is 11.6 Å². The highest BCUT2D eigenvalue weighted by Gasteiger charge is 2.04. The smallest absolute Gasteiger partial charge is 0.239 e. The summed E-state index contributed by atoms with van der Waals surface area (Å²) in [6.07, 6.45) is 1.42. The Kier molecular flexibility index (Phi) is 2.85. The number of halogens is 1. The highest BCUT2D eigenvalue weighted by atomic mass is 19.1. The number of hydrogen-bond acceptors (Lipinski definition) is 3. The number of hydrogen-bond donors (Lipinski definition) is 1. The largest absolute Gasteiger partial charge is 0.366 e. The molecule has 1 aromatic carbocycles. The summed E-state index contributed by atoms with van der Waals surface area (Å²) in [6, 6.07) is 6.56. The van der Waals surface area contributed by atoms with Crippen molar-refractivity contribution in [1.82, 2.24) is 14.8 Å². The summed E-state index contributed by atoms with van der Waals surface area (Å²) in [5, 5.41) is 3.95. The van der Waals surface area contributed by atoms with Gasteiger partial charge in [0.05, 0.1) is 0 Å². The monoisotopic (exact) mass is 220 g/mol. The van der Waals surface area contributed by atoms with Gasteiger partial charge in [-0.15, -0.1) is 5.10 Å². The second kappa shape index (κ2) is 4.30. The van der Waals surface area contributed by atoms with E-state index in [4.69, 9.17) is 5.73 Å². The van der Waals surface area contributed by atoms with Gasteiger partial charge in [-0.05, 0) is 24.1 Å². The Bertz CT molecular complexity index is 492. The molecule has 0 spiro atoms. The average Bonchev–Trinajstić information content (AvgIpc) is 2.54. The van der Waals surface area contributed by atoms with Gasteiger partial charge in [-0.3, -0.25) is 4.68 Å². The molecule has 0 aliphatic rings. The van der Waals surface area contributed by atoms with Crippen molar-refractivity contribution in [3.05, 3.63) is 41.5 Å². The molecule has 1 aromatic heterocycles. The average molecular weight is 220 g/mol. The minimum atomic E-state index is -0.213. The molecule has 0 saturated heterocycles. The number of nitrogens with zero attached hydrogens (tertiary/aromatic N) is 3. The normalized spacial score (nSPS) is 10.6. The summed E-state index contributed by atoms with van der Waals surface area (Å²) in [5.74, 6) is 0.869. The van der Waals surface area contributed by atoms with Crippen molar-refractivity contribution in [3.63, 3.8) is 0 Å². The zero-order chi connectivity index (χ0) is 11.5. The maximum Gasteiger partial charge on any atom is 0.239 e. The van der Waals surface area contributed by atoms with Crippen molar-refractivity contribution < 1.29 is 4.39 Å². The van der Waals surface area contributed by atoms with Gasteiger partial charge in [0.25, 0.3) is 0 Å². The van der Waals surface area contributed by atoms with Gasteiger partial charge >= 0.3 is 0 Å². The van der Waals surface area contributed by atoms with E-state index >= 15 is 0 Å². The SMILES string of the molecule is Cn1nc(N)nc1CCc1cccc(F)c1. The van der Waals surface area contributed by atoms with Gasteiger partial charge in [0.2, 0.25) is 5.95 Å². The fraction of sp³-hybridized carbons (Fsp3) is 0.273. The maximum atomic E-state index is 12.9. The second-order valence-corrected chi connectivity index (χ2v) is 3.64. The predicted molar refractivity (Wildman–Crippen MR) is 59.2 cm³/mol. The molecule has 0 fully saturated rings. The van der Waals surface area contributed by atoms with E-state index in [2.05, 4.69) is 10.1 Å². The predicted octanol–water partition coefficient (Wildman–Crippen LogP) is 1.32. The first-order valence-corrected chi connectivity index (χ1v) is 5.05. The van der Waals surface area contributed by atoms with Gasteiger partial charge in [0, 0.05) is 13.5 Å². The van der Waals surface area contributed by atoms with Crippen LogP contribution in [0, 0.1) is 5.82 Å². The second-order valence-electron chi connectivity index (χ2n) is 3.64. The van der Waals surface area contributed by atoms with Gasteiger partial charge < -0.3 is 5.73 Å². The molecule has 0 atom stereocenters. The first-order valence-electron chi connectivity index (χ1n) is 5.05. The minimum Gasteiger partial charge on any atom is -0.366 e. The van der Waals surface area contributed by atoms with Gasteiger partial charge in [0.15, 0.2) is 0 Å². The summed E-state index contributed by atoms with van der Waals surface area (Å²) in [7, 11) is 1.80. The van der Waals surface area contributed by atoms with Crippen LogP contribution in [-0.4, -0.2) is 14.8 Å². The van der Waals surface area contributed by atoms with E-state index in [9.17, 15) is 4.39 Å². The van der Waals surface area contributed by atoms with E-state index in [1.165, 1.54) is 12.1 Å². The summed E-state index contributed by atoms with van der Waals surface area (Å²) in [5.41, 5.74) is 6.42. The number of nitrogen functional groups attached to an aromatic ring is 1. The molecule has 84 valence electrons. The molecule has 5 heteroatoms. The molecule has 0 bridgehead atoms. The molecular weight excluding hydrogens is 207 g/mol. The lowest BCUT2D eigenvalue weighted by Gasteiger charge is -2.01. The Labute approximate surface area is 92.9 Å². The topological polar surface area (TPSA) is 56.7 Å². The van der Waals surface area contributed by atoms with Gasteiger partial charge in [-0.25, -0.2) is 4.39 Å². The maximum absolute atomic E-state index is 12.9. The van der Waals surface area contributed by atoms with Crippen molar-refractivity contribution in [2.75, 3.05) is 5.73 Å². The lowest BCUT2D eigenvalue weighted by molar-refractivity contribution is 0.624. The van der Waals surface area contributed by atoms with Crippen LogP contribution in [0.1, 0.15) is 11.4 Å². The molecule has 0 saturated carbocycles. The number of anilines is 1. The molecule has 0 aliphatic carbocycles. The standard InChI is InChI=1S/C11H13FN4/c1-16-10(14-11(13)15-16)6-5-8-3-2-4-9(12)7-8/h2-4,7H,5-6H2,1H3,(H2,13,15). The van der Waals surface area contributed by atoms with Crippen LogP contribution in [-0.2, 0) is 19.9 Å². The summed E-state index contributed by atoms with van der Waals surface area (Å²) < 4.78 is 14.6. The minimum absolute atomic E-state index is 0.213. The van der Waals surface area contributed by atoms with Crippen molar-refractivity contribution in [2.24, 2.45) is 7.05 Å². The van der Waals surface area contributed by atoms with Gasteiger partial charge in [-0.2, -0.15) is 4.98 Å². The van der Waals surface area contributed by atoms with Crippen LogP contribution in [0.4, 0.5) is 10.3 Å². The van der Waals surface area contributed by atoms with Gasteiger partial charge in [-0.1, -0.05) is 12.1 Å². The number of nitrogens with two attached hydrogens (primary N) is 1. The first kappa shape index (κ1) is 10.6. The highest BCUT2D eigenvalue weighted by molar-refractivity contribution is 5.18. The molecule has 2 aromatic rings. The number of aryl methyl sites for hydroxylation is 3. The van der Waals surface area contributed by atoms with E-state index in [1.54, 1.807) is 17.8 Å². The Balaban J connectivity index is 2.05. The summed E-state index contributed by atoms with van der Waals surface area (Å²) in [6.45, 7) is 0. The zero-order valence-corrected chi connectivity index (χ0v) is 9.02. The molecule has 4 nitrogen and oxygen atoms in total. The Morgan fingerprint density at radius 3 is 2.81 bits per heavy atom. The molecule has 0 unspecified atom stereocenters.